The van der Waals surface area contributed by atoms with Crippen molar-refractivity contribution in [3.05, 3.63) is 59.2 Å². The molecule has 2 aromatic rings. The summed E-state index contributed by atoms with van der Waals surface area (Å²) in [5, 5.41) is 2.87. The van der Waals surface area contributed by atoms with Gasteiger partial charge in [-0.3, -0.25) is 4.79 Å². The summed E-state index contributed by atoms with van der Waals surface area (Å²) in [4.78, 5) is 16.9. The first-order chi connectivity index (χ1) is 10.2. The number of fused-ring (bicyclic) bond motifs is 1. The van der Waals surface area contributed by atoms with Crippen molar-refractivity contribution >= 4 is 23.0 Å². The number of anilines is 1. The van der Waals surface area contributed by atoms with Gasteiger partial charge >= 0.3 is 0 Å². The summed E-state index contributed by atoms with van der Waals surface area (Å²) >= 11 is 0. The van der Waals surface area contributed by atoms with Crippen molar-refractivity contribution in [2.45, 2.75) is 26.7 Å². The number of carbonyl (C=O) groups is 1. The molecule has 1 aliphatic rings. The van der Waals surface area contributed by atoms with E-state index in [1.165, 1.54) is 11.1 Å². The SMILES string of the molecule is CCc1cccc(CC)c1N=C1C(=O)Nc2ccccc21. The van der Waals surface area contributed by atoms with Gasteiger partial charge in [0, 0.05) is 5.56 Å². The molecule has 3 nitrogen and oxygen atoms in total. The largest absolute Gasteiger partial charge is 0.320 e. The van der Waals surface area contributed by atoms with Crippen LogP contribution in [-0.2, 0) is 17.6 Å². The van der Waals surface area contributed by atoms with Crippen LogP contribution in [0.3, 0.4) is 0 Å². The normalized spacial score (nSPS) is 15.1. The van der Waals surface area contributed by atoms with Crippen LogP contribution in [0.2, 0.25) is 0 Å². The van der Waals surface area contributed by atoms with Gasteiger partial charge in [-0.15, -0.1) is 0 Å². The van der Waals surface area contributed by atoms with Gasteiger partial charge in [-0.05, 0) is 30.0 Å². The van der Waals surface area contributed by atoms with Gasteiger partial charge in [0.25, 0.3) is 5.91 Å². The topological polar surface area (TPSA) is 41.5 Å². The minimum atomic E-state index is -0.121. The molecule has 0 fully saturated rings. The summed E-state index contributed by atoms with van der Waals surface area (Å²) in [6, 6.07) is 13.9. The third-order valence-corrected chi connectivity index (χ3v) is 3.83. The van der Waals surface area contributed by atoms with E-state index in [2.05, 4.69) is 37.4 Å². The highest BCUT2D eigenvalue weighted by molar-refractivity contribution is 6.54. The van der Waals surface area contributed by atoms with Crippen LogP contribution in [0, 0.1) is 0 Å². The Morgan fingerprint density at radius 2 is 1.62 bits per heavy atom. The second-order valence-electron chi connectivity index (χ2n) is 5.09. The maximum atomic E-state index is 12.2. The maximum absolute atomic E-state index is 12.2. The van der Waals surface area contributed by atoms with E-state index in [0.29, 0.717) is 5.71 Å². The highest BCUT2D eigenvalue weighted by atomic mass is 16.2. The summed E-state index contributed by atoms with van der Waals surface area (Å²) in [5.41, 5.74) is 5.55. The van der Waals surface area contributed by atoms with Crippen molar-refractivity contribution in [3.8, 4) is 0 Å². The molecule has 0 bridgehead atoms. The summed E-state index contributed by atoms with van der Waals surface area (Å²) in [5.74, 6) is -0.121. The van der Waals surface area contributed by atoms with Crippen LogP contribution in [0.4, 0.5) is 11.4 Å². The standard InChI is InChI=1S/C18H18N2O/c1-3-12-8-7-9-13(4-2)16(12)20-17-14-10-5-6-11-15(14)19-18(17)21/h5-11H,3-4H2,1-2H3,(H,19,20,21). The molecule has 0 unspecified atom stereocenters. The van der Waals surface area contributed by atoms with Crippen LogP contribution in [0.5, 0.6) is 0 Å². The average Bonchev–Trinajstić information content (AvgIpc) is 2.83. The lowest BCUT2D eigenvalue weighted by Gasteiger charge is -2.09. The van der Waals surface area contributed by atoms with Gasteiger partial charge in [0.2, 0.25) is 0 Å². The smallest absolute Gasteiger partial charge is 0.275 e. The number of benzene rings is 2. The van der Waals surface area contributed by atoms with Gasteiger partial charge in [-0.25, -0.2) is 4.99 Å². The van der Waals surface area contributed by atoms with Crippen molar-refractivity contribution in [2.75, 3.05) is 5.32 Å². The van der Waals surface area contributed by atoms with Crippen molar-refractivity contribution in [2.24, 2.45) is 4.99 Å². The van der Waals surface area contributed by atoms with E-state index in [4.69, 9.17) is 4.99 Å². The van der Waals surface area contributed by atoms with Gasteiger partial charge in [0.05, 0.1) is 11.4 Å². The average molecular weight is 278 g/mol. The number of rotatable bonds is 3. The number of hydrogen-bond acceptors (Lipinski definition) is 2. The number of nitrogens with zero attached hydrogens (tertiary/aromatic N) is 1. The predicted molar refractivity (Wildman–Crippen MR) is 86.5 cm³/mol. The molecule has 1 amide bonds. The summed E-state index contributed by atoms with van der Waals surface area (Å²) < 4.78 is 0. The second kappa shape index (κ2) is 5.52. The molecular formula is C18H18N2O. The lowest BCUT2D eigenvalue weighted by atomic mass is 10.0. The molecule has 3 rings (SSSR count). The number of amides is 1. The first kappa shape index (κ1) is 13.6. The predicted octanol–water partition coefficient (Wildman–Crippen LogP) is 3.88. The van der Waals surface area contributed by atoms with Gasteiger partial charge in [0.15, 0.2) is 0 Å². The fourth-order valence-corrected chi connectivity index (χ4v) is 2.68. The van der Waals surface area contributed by atoms with E-state index < -0.39 is 0 Å². The number of aliphatic imine (C=N–C) groups is 1. The molecule has 0 saturated heterocycles. The minimum absolute atomic E-state index is 0.121. The van der Waals surface area contributed by atoms with E-state index in [-0.39, 0.29) is 5.91 Å². The summed E-state index contributed by atoms with van der Waals surface area (Å²) in [7, 11) is 0. The molecule has 1 heterocycles. The molecule has 21 heavy (non-hydrogen) atoms. The lowest BCUT2D eigenvalue weighted by Crippen LogP contribution is -2.14. The van der Waals surface area contributed by atoms with Crippen LogP contribution in [0.1, 0.15) is 30.5 Å². The molecule has 0 aliphatic carbocycles. The van der Waals surface area contributed by atoms with E-state index in [9.17, 15) is 4.79 Å². The molecule has 2 aromatic carbocycles. The van der Waals surface area contributed by atoms with Crippen molar-refractivity contribution in [3.63, 3.8) is 0 Å². The fourth-order valence-electron chi connectivity index (χ4n) is 2.68. The molecule has 0 saturated carbocycles. The zero-order valence-corrected chi connectivity index (χ0v) is 12.3. The molecular weight excluding hydrogens is 260 g/mol. The molecule has 1 aliphatic heterocycles. The van der Waals surface area contributed by atoms with Crippen LogP contribution in [-0.4, -0.2) is 11.6 Å². The van der Waals surface area contributed by atoms with Crippen molar-refractivity contribution in [1.82, 2.24) is 0 Å². The Kier molecular flexibility index (Phi) is 3.57. The quantitative estimate of drug-likeness (QED) is 0.909. The number of para-hydroxylation sites is 2. The van der Waals surface area contributed by atoms with Gasteiger partial charge in [-0.2, -0.15) is 0 Å². The minimum Gasteiger partial charge on any atom is -0.320 e. The molecule has 0 radical (unpaired) electrons. The highest BCUT2D eigenvalue weighted by Crippen LogP contribution is 2.30. The Hall–Kier alpha value is -2.42. The van der Waals surface area contributed by atoms with E-state index in [1.54, 1.807) is 0 Å². The molecule has 0 atom stereocenters. The Balaban J connectivity index is 2.17. The maximum Gasteiger partial charge on any atom is 0.275 e. The monoisotopic (exact) mass is 278 g/mol. The Bertz CT molecular complexity index is 709. The Labute approximate surface area is 124 Å². The number of aryl methyl sites for hydroxylation is 2. The number of carbonyl (C=O) groups excluding carboxylic acids is 1. The molecule has 0 aromatic heterocycles. The zero-order chi connectivity index (χ0) is 14.8. The van der Waals surface area contributed by atoms with Crippen LogP contribution < -0.4 is 5.32 Å². The van der Waals surface area contributed by atoms with Gasteiger partial charge < -0.3 is 5.32 Å². The summed E-state index contributed by atoms with van der Waals surface area (Å²) in [6.45, 7) is 4.22. The summed E-state index contributed by atoms with van der Waals surface area (Å²) in [6.07, 6.45) is 1.81. The lowest BCUT2D eigenvalue weighted by molar-refractivity contribution is -0.110. The molecule has 1 N–H and O–H groups in total. The molecule has 0 spiro atoms. The Morgan fingerprint density at radius 3 is 2.29 bits per heavy atom. The van der Waals surface area contributed by atoms with Crippen molar-refractivity contribution < 1.29 is 4.79 Å². The van der Waals surface area contributed by atoms with Crippen LogP contribution in [0.25, 0.3) is 0 Å². The zero-order valence-electron chi connectivity index (χ0n) is 12.3. The first-order valence-electron chi connectivity index (χ1n) is 7.34. The first-order valence-corrected chi connectivity index (χ1v) is 7.34. The van der Waals surface area contributed by atoms with Crippen LogP contribution >= 0.6 is 0 Å². The van der Waals surface area contributed by atoms with Crippen LogP contribution in [0.15, 0.2) is 47.5 Å². The molecule has 106 valence electrons. The highest BCUT2D eigenvalue weighted by Gasteiger charge is 2.25. The van der Waals surface area contributed by atoms with E-state index >= 15 is 0 Å². The van der Waals surface area contributed by atoms with E-state index in [0.717, 1.165) is 29.8 Å². The third kappa shape index (κ3) is 2.35. The second-order valence-corrected chi connectivity index (χ2v) is 5.09. The number of hydrogen-bond donors (Lipinski definition) is 1. The third-order valence-electron chi connectivity index (χ3n) is 3.83. The van der Waals surface area contributed by atoms with Gasteiger partial charge in [-0.1, -0.05) is 50.2 Å². The molecule has 3 heteroatoms. The van der Waals surface area contributed by atoms with Crippen molar-refractivity contribution in [1.29, 1.82) is 0 Å². The van der Waals surface area contributed by atoms with Gasteiger partial charge in [0.1, 0.15) is 5.71 Å². The Morgan fingerprint density at radius 1 is 0.952 bits per heavy atom. The number of nitrogens with one attached hydrogen (secondary N) is 1. The van der Waals surface area contributed by atoms with E-state index in [1.807, 2.05) is 24.3 Å². The fraction of sp³-hybridized carbons (Fsp3) is 0.222.